The summed E-state index contributed by atoms with van der Waals surface area (Å²) in [6.07, 6.45) is 5.60. The molecule has 0 radical (unpaired) electrons. The minimum atomic E-state index is -0.374. The third-order valence-corrected chi connectivity index (χ3v) is 12.6. The van der Waals surface area contributed by atoms with Crippen molar-refractivity contribution in [1.82, 2.24) is 14.7 Å². The molecule has 0 saturated carbocycles. The van der Waals surface area contributed by atoms with Crippen LogP contribution in [0, 0.1) is 11.8 Å². The summed E-state index contributed by atoms with van der Waals surface area (Å²) in [6, 6.07) is 15.1. The number of ketones is 1. The van der Waals surface area contributed by atoms with Gasteiger partial charge in [0, 0.05) is 37.9 Å². The first kappa shape index (κ1) is 39.3. The van der Waals surface area contributed by atoms with Crippen molar-refractivity contribution in [2.24, 2.45) is 11.8 Å². The van der Waals surface area contributed by atoms with Gasteiger partial charge in [-0.05, 0) is 121 Å². The van der Waals surface area contributed by atoms with Crippen LogP contribution in [0.15, 0.2) is 48.5 Å². The Morgan fingerprint density at radius 3 is 2.04 bits per heavy atom. The molecular weight excluding hydrogens is 713 g/mol. The average Bonchev–Trinajstić information content (AvgIpc) is 3.73. The van der Waals surface area contributed by atoms with Crippen molar-refractivity contribution in [3.63, 3.8) is 0 Å². The fraction of sp³-hybridized carbons (Fsp3) is 0.523. The number of anilines is 1. The smallest absolute Gasteiger partial charge is 0.410 e. The summed E-state index contributed by atoms with van der Waals surface area (Å²) in [4.78, 5) is 45.2. The van der Waals surface area contributed by atoms with Crippen LogP contribution in [0.25, 0.3) is 0 Å². The molecule has 3 aromatic rings. The Morgan fingerprint density at radius 1 is 0.768 bits per heavy atom. The average molecular weight is 769 g/mol. The molecule has 56 heavy (non-hydrogen) atoms. The van der Waals surface area contributed by atoms with Gasteiger partial charge in [-0.3, -0.25) is 9.69 Å². The van der Waals surface area contributed by atoms with Gasteiger partial charge in [0.25, 0.3) is 0 Å². The van der Waals surface area contributed by atoms with Crippen LogP contribution in [-0.2, 0) is 29.0 Å². The predicted octanol–water partition coefficient (Wildman–Crippen LogP) is 7.58. The second-order valence-electron chi connectivity index (χ2n) is 15.6. The number of methoxy groups -OCH3 is 4. The first-order chi connectivity index (χ1) is 27.2. The van der Waals surface area contributed by atoms with Crippen molar-refractivity contribution in [3.8, 4) is 23.0 Å². The van der Waals surface area contributed by atoms with Gasteiger partial charge in [-0.2, -0.15) is 0 Å². The van der Waals surface area contributed by atoms with Crippen LogP contribution in [-0.4, -0.2) is 93.3 Å². The Morgan fingerprint density at radius 2 is 1.39 bits per heavy atom. The van der Waals surface area contributed by atoms with Gasteiger partial charge in [-0.25, -0.2) is 9.59 Å². The lowest BCUT2D eigenvalue weighted by molar-refractivity contribution is -0.120. The van der Waals surface area contributed by atoms with Crippen LogP contribution in [0.4, 0.5) is 15.3 Å². The Labute approximate surface area is 330 Å². The minimum absolute atomic E-state index is 0.00101. The van der Waals surface area contributed by atoms with Gasteiger partial charge >= 0.3 is 12.1 Å². The van der Waals surface area contributed by atoms with E-state index in [-0.39, 0.29) is 42.6 Å². The molecule has 300 valence electrons. The Bertz CT molecular complexity index is 1920. The summed E-state index contributed by atoms with van der Waals surface area (Å²) in [5.74, 6) is 3.65. The van der Waals surface area contributed by atoms with Crippen LogP contribution in [0.5, 0.6) is 23.0 Å². The lowest BCUT2D eigenvalue weighted by Gasteiger charge is -2.49. The molecule has 4 unspecified atom stereocenters. The molecule has 3 amide bonds. The lowest BCUT2D eigenvalue weighted by Crippen LogP contribution is -2.47. The molecule has 2 fully saturated rings. The van der Waals surface area contributed by atoms with E-state index in [0.29, 0.717) is 55.0 Å². The van der Waals surface area contributed by atoms with Gasteiger partial charge in [-0.15, -0.1) is 0 Å². The van der Waals surface area contributed by atoms with Crippen molar-refractivity contribution >= 4 is 23.6 Å². The van der Waals surface area contributed by atoms with Crippen LogP contribution in [0.3, 0.4) is 0 Å². The summed E-state index contributed by atoms with van der Waals surface area (Å²) < 4.78 is 28.9. The molecule has 0 bridgehead atoms. The molecular formula is C44H56N4O8. The number of rotatable bonds is 11. The maximum atomic E-state index is 14.2. The number of fused-ring (bicyclic) bond motifs is 4. The van der Waals surface area contributed by atoms with E-state index >= 15 is 0 Å². The van der Waals surface area contributed by atoms with Crippen LogP contribution >= 0.6 is 0 Å². The maximum absolute atomic E-state index is 14.2. The Hall–Kier alpha value is -4.97. The number of likely N-dealkylation sites (tertiary alicyclic amines) is 1. The molecule has 4 aliphatic heterocycles. The van der Waals surface area contributed by atoms with Crippen molar-refractivity contribution in [3.05, 3.63) is 76.3 Å². The monoisotopic (exact) mass is 768 g/mol. The molecule has 0 aliphatic carbocycles. The number of Topliss-reactive ketones (excluding diaryl/α,β-unsaturated/α-hetero) is 1. The van der Waals surface area contributed by atoms with E-state index in [1.54, 1.807) is 45.5 Å². The number of urea groups is 1. The topological polar surface area (TPSA) is 119 Å². The Kier molecular flexibility index (Phi) is 11.9. The van der Waals surface area contributed by atoms with E-state index in [1.165, 1.54) is 18.1 Å². The molecule has 12 heteroatoms. The molecule has 4 aliphatic rings. The van der Waals surface area contributed by atoms with E-state index < -0.39 is 0 Å². The molecule has 0 aromatic heterocycles. The van der Waals surface area contributed by atoms with Gasteiger partial charge in [0.1, 0.15) is 6.61 Å². The molecule has 4 heterocycles. The SMILES string of the molecule is CCC1CN2CCc3cc(OC)c(OC)cc3C2CC1CC1c2cc(OC)c(OC)cc2CCN1C(=O)OCc1ccc(NC(=O)N2CCC[C@H]2C(C)=O)cc1. The van der Waals surface area contributed by atoms with Crippen LogP contribution < -0.4 is 24.3 Å². The maximum Gasteiger partial charge on any atom is 0.410 e. The number of ether oxygens (including phenoxy) is 5. The van der Waals surface area contributed by atoms with E-state index in [2.05, 4.69) is 41.4 Å². The first-order valence-corrected chi connectivity index (χ1v) is 20.0. The molecule has 2 saturated heterocycles. The number of carbonyl (C=O) groups is 3. The molecule has 12 nitrogen and oxygen atoms in total. The lowest BCUT2D eigenvalue weighted by atomic mass is 9.72. The highest BCUT2D eigenvalue weighted by Crippen LogP contribution is 2.49. The summed E-state index contributed by atoms with van der Waals surface area (Å²) >= 11 is 0. The largest absolute Gasteiger partial charge is 0.493 e. The zero-order chi connectivity index (χ0) is 39.5. The highest BCUT2D eigenvalue weighted by Gasteiger charge is 2.42. The number of nitrogens with one attached hydrogen (secondary N) is 1. The highest BCUT2D eigenvalue weighted by atomic mass is 16.6. The summed E-state index contributed by atoms with van der Waals surface area (Å²) in [5, 5.41) is 2.91. The van der Waals surface area contributed by atoms with Gasteiger partial charge in [0.05, 0.1) is 40.5 Å². The number of amides is 3. The number of hydrogen-bond acceptors (Lipinski definition) is 9. The van der Waals surface area contributed by atoms with Gasteiger partial charge in [0.15, 0.2) is 28.8 Å². The summed E-state index contributed by atoms with van der Waals surface area (Å²) in [5.41, 5.74) is 6.27. The van der Waals surface area contributed by atoms with E-state index in [1.807, 2.05) is 17.0 Å². The van der Waals surface area contributed by atoms with Crippen molar-refractivity contribution in [2.75, 3.05) is 59.9 Å². The van der Waals surface area contributed by atoms with Gasteiger partial charge in [-0.1, -0.05) is 25.5 Å². The number of nitrogens with zero attached hydrogens (tertiary/aromatic N) is 3. The third kappa shape index (κ3) is 7.85. The number of benzene rings is 3. The first-order valence-electron chi connectivity index (χ1n) is 20.0. The fourth-order valence-corrected chi connectivity index (χ4v) is 9.58. The van der Waals surface area contributed by atoms with Crippen LogP contribution in [0.1, 0.15) is 85.9 Å². The second-order valence-corrected chi connectivity index (χ2v) is 15.6. The quantitative estimate of drug-likeness (QED) is 0.211. The summed E-state index contributed by atoms with van der Waals surface area (Å²) in [7, 11) is 6.67. The fourth-order valence-electron chi connectivity index (χ4n) is 9.58. The molecule has 7 rings (SSSR count). The number of hydrogen-bond donors (Lipinski definition) is 1. The van der Waals surface area contributed by atoms with Crippen molar-refractivity contribution in [2.45, 2.75) is 83.5 Å². The molecule has 1 N–H and O–H groups in total. The van der Waals surface area contributed by atoms with Crippen molar-refractivity contribution in [1.29, 1.82) is 0 Å². The van der Waals surface area contributed by atoms with E-state index in [0.717, 1.165) is 73.4 Å². The summed E-state index contributed by atoms with van der Waals surface area (Å²) in [6.45, 7) is 6.99. The number of carbonyl (C=O) groups excluding carboxylic acids is 3. The molecule has 3 aromatic carbocycles. The van der Waals surface area contributed by atoms with Crippen molar-refractivity contribution < 1.29 is 38.1 Å². The normalized spacial score (nSPS) is 23.0. The van der Waals surface area contributed by atoms with Gasteiger partial charge < -0.3 is 38.8 Å². The van der Waals surface area contributed by atoms with E-state index in [4.69, 9.17) is 23.7 Å². The zero-order valence-electron chi connectivity index (χ0n) is 33.6. The van der Waals surface area contributed by atoms with E-state index in [9.17, 15) is 14.4 Å². The highest BCUT2D eigenvalue weighted by molar-refractivity contribution is 5.94. The van der Waals surface area contributed by atoms with Crippen LogP contribution in [0.2, 0.25) is 0 Å². The standard InChI is InChI=1S/C44H56N4O8/c1-7-29-25-46-17-14-30-21-39(52-3)41(54-5)23-34(30)37(46)19-32(29)20-38-35-24-42(55-6)40(53-4)22-31(35)15-18-48(38)44(51)56-26-28-10-12-33(13-11-28)45-43(50)47-16-8-9-36(47)27(2)49/h10-13,21-24,29,32,36-38H,7-9,14-20,25-26H2,1-6H3,(H,45,50)/t29?,32?,36-,37?,38?/m0/s1. The molecule has 0 spiro atoms. The zero-order valence-corrected chi connectivity index (χ0v) is 33.6. The molecule has 5 atom stereocenters. The third-order valence-electron chi connectivity index (χ3n) is 12.6. The minimum Gasteiger partial charge on any atom is -0.493 e. The van der Waals surface area contributed by atoms with Gasteiger partial charge in [0.2, 0.25) is 0 Å². The number of piperidine rings is 1. The predicted molar refractivity (Wildman–Crippen MR) is 213 cm³/mol. The Balaban J connectivity index is 1.10. The second kappa shape index (κ2) is 17.0.